The molecule has 2 aliphatic rings. The maximum Gasteiger partial charge on any atom is 0.254 e. The number of aryl methyl sites for hydroxylation is 1. The number of H-pyrrole nitrogens is 1. The lowest BCUT2D eigenvalue weighted by Crippen LogP contribution is -2.32. The van der Waals surface area contributed by atoms with Crippen LogP contribution in [0.5, 0.6) is 0 Å². The van der Waals surface area contributed by atoms with Gasteiger partial charge in [-0.05, 0) is 36.5 Å². The van der Waals surface area contributed by atoms with Gasteiger partial charge < -0.3 is 10.2 Å². The predicted octanol–water partition coefficient (Wildman–Crippen LogP) is 0.558. The summed E-state index contributed by atoms with van der Waals surface area (Å²) in [5.41, 5.74) is 3.27. The molecule has 2 atom stereocenters. The molecule has 0 saturated carbocycles. The summed E-state index contributed by atoms with van der Waals surface area (Å²) in [4.78, 5) is 14.7. The molecule has 1 amide bonds. The number of carbonyl (C=O) groups excluding carboxylic acids is 1. The Labute approximate surface area is 116 Å². The molecule has 2 N–H and O–H groups in total. The van der Waals surface area contributed by atoms with E-state index in [0.29, 0.717) is 11.8 Å². The van der Waals surface area contributed by atoms with Crippen molar-refractivity contribution in [2.24, 2.45) is 11.8 Å². The maximum atomic E-state index is 12.7. The molecule has 104 valence electrons. The van der Waals surface area contributed by atoms with Crippen LogP contribution < -0.4 is 5.32 Å². The third kappa shape index (κ3) is 1.71. The molecule has 0 radical (unpaired) electrons. The molecule has 6 nitrogen and oxygen atoms in total. The Morgan fingerprint density at radius 3 is 2.55 bits per heavy atom. The molecule has 2 saturated heterocycles. The van der Waals surface area contributed by atoms with Crippen LogP contribution in [-0.2, 0) is 0 Å². The van der Waals surface area contributed by atoms with Gasteiger partial charge in [-0.2, -0.15) is 15.4 Å². The van der Waals surface area contributed by atoms with E-state index in [9.17, 15) is 4.79 Å². The van der Waals surface area contributed by atoms with Gasteiger partial charge in [0.2, 0.25) is 0 Å². The van der Waals surface area contributed by atoms with E-state index in [4.69, 9.17) is 0 Å². The highest BCUT2D eigenvalue weighted by atomic mass is 16.2. The summed E-state index contributed by atoms with van der Waals surface area (Å²) in [6, 6.07) is 3.77. The number of carbonyl (C=O) groups is 1. The zero-order valence-corrected chi connectivity index (χ0v) is 11.4. The van der Waals surface area contributed by atoms with Crippen molar-refractivity contribution in [3.63, 3.8) is 0 Å². The Morgan fingerprint density at radius 1 is 1.20 bits per heavy atom. The van der Waals surface area contributed by atoms with E-state index in [0.717, 1.165) is 48.3 Å². The molecular weight excluding hydrogens is 254 g/mol. The molecule has 2 fully saturated rings. The number of hydrogen-bond donors (Lipinski definition) is 2. The lowest BCUT2D eigenvalue weighted by Gasteiger charge is -2.18. The first-order valence-corrected chi connectivity index (χ1v) is 7.03. The zero-order chi connectivity index (χ0) is 13.7. The first-order valence-electron chi connectivity index (χ1n) is 7.03. The van der Waals surface area contributed by atoms with Crippen molar-refractivity contribution >= 4 is 16.9 Å². The largest absolute Gasteiger partial charge is 0.338 e. The van der Waals surface area contributed by atoms with Gasteiger partial charge in [-0.15, -0.1) is 0 Å². The molecule has 6 heteroatoms. The van der Waals surface area contributed by atoms with Gasteiger partial charge in [-0.25, -0.2) is 0 Å². The molecule has 0 spiro atoms. The highest BCUT2D eigenvalue weighted by Crippen LogP contribution is 2.28. The molecule has 3 heterocycles. The molecule has 4 rings (SSSR count). The third-order valence-corrected chi connectivity index (χ3v) is 4.57. The zero-order valence-electron chi connectivity index (χ0n) is 11.4. The van der Waals surface area contributed by atoms with Crippen molar-refractivity contribution in [3.8, 4) is 0 Å². The number of likely N-dealkylation sites (tertiary alicyclic amines) is 1. The Morgan fingerprint density at radius 2 is 1.85 bits per heavy atom. The van der Waals surface area contributed by atoms with Gasteiger partial charge in [-0.1, -0.05) is 0 Å². The van der Waals surface area contributed by atoms with Crippen molar-refractivity contribution in [2.45, 2.75) is 6.92 Å². The van der Waals surface area contributed by atoms with E-state index in [1.54, 1.807) is 0 Å². The smallest absolute Gasteiger partial charge is 0.254 e. The summed E-state index contributed by atoms with van der Waals surface area (Å²) >= 11 is 0. The Balaban J connectivity index is 1.65. The van der Waals surface area contributed by atoms with Crippen molar-refractivity contribution in [2.75, 3.05) is 26.2 Å². The van der Waals surface area contributed by atoms with E-state index in [1.807, 2.05) is 24.0 Å². The average molecular weight is 271 g/mol. The number of aromatic amines is 1. The summed E-state index contributed by atoms with van der Waals surface area (Å²) in [7, 11) is 0. The minimum Gasteiger partial charge on any atom is -0.338 e. The summed E-state index contributed by atoms with van der Waals surface area (Å²) in [6.45, 7) is 5.77. The lowest BCUT2D eigenvalue weighted by atomic mass is 10.0. The van der Waals surface area contributed by atoms with Crippen molar-refractivity contribution in [1.82, 2.24) is 25.6 Å². The molecule has 20 heavy (non-hydrogen) atoms. The molecule has 1 aromatic heterocycles. The number of amides is 1. The number of hydrogen-bond acceptors (Lipinski definition) is 4. The number of rotatable bonds is 1. The summed E-state index contributed by atoms with van der Waals surface area (Å²) in [5, 5.41) is 14.1. The summed E-state index contributed by atoms with van der Waals surface area (Å²) < 4.78 is 0. The molecule has 1 aromatic carbocycles. The predicted molar refractivity (Wildman–Crippen MR) is 74.4 cm³/mol. The van der Waals surface area contributed by atoms with Crippen LogP contribution in [0.3, 0.4) is 0 Å². The fourth-order valence-electron chi connectivity index (χ4n) is 3.42. The van der Waals surface area contributed by atoms with Crippen LogP contribution in [-0.4, -0.2) is 52.4 Å². The second-order valence-corrected chi connectivity index (χ2v) is 5.87. The van der Waals surface area contributed by atoms with E-state index in [2.05, 4.69) is 20.7 Å². The van der Waals surface area contributed by atoms with Crippen LogP contribution in [0.4, 0.5) is 0 Å². The van der Waals surface area contributed by atoms with Crippen molar-refractivity contribution in [1.29, 1.82) is 0 Å². The highest BCUT2D eigenvalue weighted by molar-refractivity contribution is 5.99. The minimum atomic E-state index is 0.127. The standard InChI is InChI=1S/C14H17N5O/c1-8-2-12-13(17-18-16-12)3-11(8)14(20)19-6-9-4-15-5-10(9)7-19/h2-3,9-10,15H,4-7H2,1H3,(H,16,17,18). The quantitative estimate of drug-likeness (QED) is 0.794. The Hall–Kier alpha value is -1.95. The van der Waals surface area contributed by atoms with E-state index < -0.39 is 0 Å². The lowest BCUT2D eigenvalue weighted by molar-refractivity contribution is 0.0781. The van der Waals surface area contributed by atoms with Crippen LogP contribution in [0.15, 0.2) is 12.1 Å². The molecule has 2 aromatic rings. The molecule has 0 bridgehead atoms. The van der Waals surface area contributed by atoms with Crippen LogP contribution in [0.2, 0.25) is 0 Å². The number of benzene rings is 1. The van der Waals surface area contributed by atoms with Gasteiger partial charge in [0.1, 0.15) is 11.0 Å². The number of nitrogens with zero attached hydrogens (tertiary/aromatic N) is 3. The summed E-state index contributed by atoms with van der Waals surface area (Å²) in [6.07, 6.45) is 0. The van der Waals surface area contributed by atoms with Gasteiger partial charge in [0, 0.05) is 31.7 Å². The van der Waals surface area contributed by atoms with E-state index >= 15 is 0 Å². The SMILES string of the molecule is Cc1cc2n[nH]nc2cc1C(=O)N1CC2CNCC2C1. The number of aromatic nitrogens is 3. The van der Waals surface area contributed by atoms with Gasteiger partial charge in [-0.3, -0.25) is 4.79 Å². The highest BCUT2D eigenvalue weighted by Gasteiger charge is 2.38. The van der Waals surface area contributed by atoms with E-state index in [-0.39, 0.29) is 5.91 Å². The molecule has 2 unspecified atom stereocenters. The van der Waals surface area contributed by atoms with Crippen molar-refractivity contribution < 1.29 is 4.79 Å². The summed E-state index contributed by atoms with van der Waals surface area (Å²) in [5.74, 6) is 1.37. The van der Waals surface area contributed by atoms with Crippen LogP contribution >= 0.6 is 0 Å². The van der Waals surface area contributed by atoms with Gasteiger partial charge in [0.05, 0.1) is 0 Å². The van der Waals surface area contributed by atoms with Crippen molar-refractivity contribution in [3.05, 3.63) is 23.3 Å². The van der Waals surface area contributed by atoms with Gasteiger partial charge in [0.15, 0.2) is 0 Å². The number of fused-ring (bicyclic) bond motifs is 2. The fraction of sp³-hybridized carbons (Fsp3) is 0.500. The first-order chi connectivity index (χ1) is 9.72. The second kappa shape index (κ2) is 4.28. The Kier molecular flexibility index (Phi) is 2.53. The van der Waals surface area contributed by atoms with Crippen LogP contribution in [0, 0.1) is 18.8 Å². The maximum absolute atomic E-state index is 12.7. The van der Waals surface area contributed by atoms with Crippen LogP contribution in [0.25, 0.3) is 11.0 Å². The number of nitrogens with one attached hydrogen (secondary N) is 2. The van der Waals surface area contributed by atoms with E-state index in [1.165, 1.54) is 0 Å². The van der Waals surface area contributed by atoms with Gasteiger partial charge >= 0.3 is 0 Å². The van der Waals surface area contributed by atoms with Gasteiger partial charge in [0.25, 0.3) is 5.91 Å². The minimum absolute atomic E-state index is 0.127. The third-order valence-electron chi connectivity index (χ3n) is 4.57. The fourth-order valence-corrected chi connectivity index (χ4v) is 3.42. The second-order valence-electron chi connectivity index (χ2n) is 5.87. The average Bonchev–Trinajstić information content (AvgIpc) is 3.11. The monoisotopic (exact) mass is 271 g/mol. The normalized spacial score (nSPS) is 25.4. The topological polar surface area (TPSA) is 73.9 Å². The Bertz CT molecular complexity index is 667. The molecular formula is C14H17N5O. The first kappa shape index (κ1) is 11.8. The van der Waals surface area contributed by atoms with Crippen LogP contribution in [0.1, 0.15) is 15.9 Å². The molecule has 2 aliphatic heterocycles. The molecule has 0 aliphatic carbocycles.